The van der Waals surface area contributed by atoms with Gasteiger partial charge in [0, 0.05) is 18.1 Å². The topological polar surface area (TPSA) is 21.7 Å². The van der Waals surface area contributed by atoms with Crippen molar-refractivity contribution in [3.8, 4) is 5.75 Å². The highest BCUT2D eigenvalue weighted by Crippen LogP contribution is 2.17. The van der Waals surface area contributed by atoms with E-state index < -0.39 is 0 Å². The van der Waals surface area contributed by atoms with Gasteiger partial charge in [-0.3, -0.25) is 4.90 Å². The summed E-state index contributed by atoms with van der Waals surface area (Å²) in [7, 11) is 0. The molecule has 0 unspecified atom stereocenters. The number of morpholine rings is 1. The van der Waals surface area contributed by atoms with Crippen LogP contribution in [0, 0.1) is 0 Å². The lowest BCUT2D eigenvalue weighted by molar-refractivity contribution is 0.0371. The van der Waals surface area contributed by atoms with Crippen LogP contribution in [0.4, 0.5) is 0 Å². The van der Waals surface area contributed by atoms with E-state index in [4.69, 9.17) is 21.1 Å². The second kappa shape index (κ2) is 9.22. The van der Waals surface area contributed by atoms with Crippen molar-refractivity contribution in [1.29, 1.82) is 0 Å². The van der Waals surface area contributed by atoms with Crippen LogP contribution in [0.3, 0.4) is 0 Å². The van der Waals surface area contributed by atoms with Crippen LogP contribution >= 0.6 is 11.6 Å². The van der Waals surface area contributed by atoms with E-state index in [0.29, 0.717) is 0 Å². The molecule has 20 heavy (non-hydrogen) atoms. The molecule has 0 radical (unpaired) electrons. The fourth-order valence-electron chi connectivity index (χ4n) is 2.36. The predicted octanol–water partition coefficient (Wildman–Crippen LogP) is 3.61. The summed E-state index contributed by atoms with van der Waals surface area (Å²) < 4.78 is 11.0. The molecule has 0 saturated carbocycles. The summed E-state index contributed by atoms with van der Waals surface area (Å²) >= 11 is 5.91. The smallest absolute Gasteiger partial charge is 0.120 e. The Morgan fingerprint density at radius 1 is 1.10 bits per heavy atom. The van der Waals surface area contributed by atoms with Crippen LogP contribution in [0.1, 0.15) is 25.7 Å². The molecule has 0 atom stereocenters. The molecule has 3 nitrogen and oxygen atoms in total. The molecule has 4 heteroatoms. The van der Waals surface area contributed by atoms with Gasteiger partial charge in [-0.05, 0) is 37.6 Å². The Bertz CT molecular complexity index is 380. The zero-order chi connectivity index (χ0) is 14.0. The van der Waals surface area contributed by atoms with Gasteiger partial charge in [-0.15, -0.1) is 0 Å². The lowest BCUT2D eigenvalue weighted by Gasteiger charge is -2.26. The van der Waals surface area contributed by atoms with Crippen molar-refractivity contribution in [2.24, 2.45) is 0 Å². The lowest BCUT2D eigenvalue weighted by Crippen LogP contribution is -2.36. The largest absolute Gasteiger partial charge is 0.494 e. The second-order valence-corrected chi connectivity index (χ2v) is 5.61. The van der Waals surface area contributed by atoms with Gasteiger partial charge in [0.1, 0.15) is 5.75 Å². The Balaban J connectivity index is 1.45. The molecule has 1 aromatic rings. The SMILES string of the molecule is Clc1cccc(OCCCCCCN2CCOCC2)c1. The molecule has 0 bridgehead atoms. The van der Waals surface area contributed by atoms with E-state index in [2.05, 4.69) is 4.90 Å². The Kier molecular flexibility index (Phi) is 7.20. The van der Waals surface area contributed by atoms with Crippen molar-refractivity contribution < 1.29 is 9.47 Å². The Morgan fingerprint density at radius 3 is 2.70 bits per heavy atom. The third-order valence-electron chi connectivity index (χ3n) is 3.54. The van der Waals surface area contributed by atoms with Crippen molar-refractivity contribution in [3.63, 3.8) is 0 Å². The Morgan fingerprint density at radius 2 is 1.90 bits per heavy atom. The molecule has 1 aliphatic rings. The normalized spacial score (nSPS) is 16.2. The van der Waals surface area contributed by atoms with Crippen molar-refractivity contribution in [2.45, 2.75) is 25.7 Å². The summed E-state index contributed by atoms with van der Waals surface area (Å²) in [5.74, 6) is 0.866. The molecule has 1 aromatic carbocycles. The fourth-order valence-corrected chi connectivity index (χ4v) is 2.54. The number of ether oxygens (including phenoxy) is 2. The molecule has 0 N–H and O–H groups in total. The summed E-state index contributed by atoms with van der Waals surface area (Å²) in [5, 5.41) is 0.730. The molecule has 1 fully saturated rings. The maximum absolute atomic E-state index is 5.91. The Labute approximate surface area is 126 Å². The first kappa shape index (κ1) is 15.6. The molecule has 0 aromatic heterocycles. The van der Waals surface area contributed by atoms with E-state index in [1.54, 1.807) is 0 Å². The number of rotatable bonds is 8. The van der Waals surface area contributed by atoms with Crippen molar-refractivity contribution in [3.05, 3.63) is 29.3 Å². The zero-order valence-corrected chi connectivity index (χ0v) is 12.8. The number of halogens is 1. The van der Waals surface area contributed by atoms with E-state index in [1.165, 1.54) is 25.8 Å². The molecule has 1 aliphatic heterocycles. The van der Waals surface area contributed by atoms with Crippen LogP contribution in [0.2, 0.25) is 5.02 Å². The Hall–Kier alpha value is -0.770. The van der Waals surface area contributed by atoms with Crippen molar-refractivity contribution in [2.75, 3.05) is 39.5 Å². The standard InChI is InChI=1S/C16H24ClNO2/c17-15-6-5-7-16(14-15)20-11-4-2-1-3-8-18-9-12-19-13-10-18/h5-7,14H,1-4,8-13H2. The summed E-state index contributed by atoms with van der Waals surface area (Å²) in [6, 6.07) is 7.59. The van der Waals surface area contributed by atoms with Crippen LogP contribution in [0.5, 0.6) is 5.75 Å². The molecular weight excluding hydrogens is 274 g/mol. The van der Waals surface area contributed by atoms with E-state index in [-0.39, 0.29) is 0 Å². The van der Waals surface area contributed by atoms with Gasteiger partial charge in [0.25, 0.3) is 0 Å². The number of nitrogens with zero attached hydrogens (tertiary/aromatic N) is 1. The van der Waals surface area contributed by atoms with Crippen LogP contribution in [0.25, 0.3) is 0 Å². The van der Waals surface area contributed by atoms with Crippen LogP contribution < -0.4 is 4.74 Å². The maximum Gasteiger partial charge on any atom is 0.120 e. The van der Waals surface area contributed by atoms with E-state index in [0.717, 1.165) is 50.1 Å². The number of hydrogen-bond donors (Lipinski definition) is 0. The molecule has 1 heterocycles. The molecule has 0 aliphatic carbocycles. The predicted molar refractivity (Wildman–Crippen MR) is 82.7 cm³/mol. The van der Waals surface area contributed by atoms with E-state index in [1.807, 2.05) is 24.3 Å². The minimum Gasteiger partial charge on any atom is -0.494 e. The monoisotopic (exact) mass is 297 g/mol. The van der Waals surface area contributed by atoms with Crippen LogP contribution in [0.15, 0.2) is 24.3 Å². The van der Waals surface area contributed by atoms with Gasteiger partial charge in [-0.1, -0.05) is 30.5 Å². The minimum absolute atomic E-state index is 0.730. The summed E-state index contributed by atoms with van der Waals surface area (Å²) in [4.78, 5) is 2.49. The first-order chi connectivity index (χ1) is 9.84. The first-order valence-corrected chi connectivity index (χ1v) is 7.91. The summed E-state index contributed by atoms with van der Waals surface area (Å²) in [5.41, 5.74) is 0. The quantitative estimate of drug-likeness (QED) is 0.684. The highest BCUT2D eigenvalue weighted by molar-refractivity contribution is 6.30. The van der Waals surface area contributed by atoms with Gasteiger partial charge < -0.3 is 9.47 Å². The summed E-state index contributed by atoms with van der Waals surface area (Å²) in [6.07, 6.45) is 4.88. The maximum atomic E-state index is 5.91. The highest BCUT2D eigenvalue weighted by Gasteiger charge is 2.08. The van der Waals surface area contributed by atoms with Crippen LogP contribution in [-0.4, -0.2) is 44.4 Å². The van der Waals surface area contributed by atoms with Gasteiger partial charge in [0.05, 0.1) is 19.8 Å². The first-order valence-electron chi connectivity index (χ1n) is 7.53. The summed E-state index contributed by atoms with van der Waals surface area (Å²) in [6.45, 7) is 5.97. The average Bonchev–Trinajstić information content (AvgIpc) is 2.47. The van der Waals surface area contributed by atoms with Gasteiger partial charge in [-0.25, -0.2) is 0 Å². The van der Waals surface area contributed by atoms with Crippen LogP contribution in [-0.2, 0) is 4.74 Å². The van der Waals surface area contributed by atoms with E-state index >= 15 is 0 Å². The van der Waals surface area contributed by atoms with Crippen molar-refractivity contribution >= 4 is 11.6 Å². The highest BCUT2D eigenvalue weighted by atomic mass is 35.5. The number of benzene rings is 1. The molecule has 112 valence electrons. The van der Waals surface area contributed by atoms with E-state index in [9.17, 15) is 0 Å². The third-order valence-corrected chi connectivity index (χ3v) is 3.77. The number of hydrogen-bond acceptors (Lipinski definition) is 3. The molecular formula is C16H24ClNO2. The van der Waals surface area contributed by atoms with Crippen molar-refractivity contribution in [1.82, 2.24) is 4.90 Å². The minimum atomic E-state index is 0.730. The molecule has 0 spiro atoms. The van der Waals surface area contributed by atoms with Gasteiger partial charge in [0.2, 0.25) is 0 Å². The lowest BCUT2D eigenvalue weighted by atomic mass is 10.2. The third kappa shape index (κ3) is 6.12. The van der Waals surface area contributed by atoms with Gasteiger partial charge in [-0.2, -0.15) is 0 Å². The zero-order valence-electron chi connectivity index (χ0n) is 12.0. The van der Waals surface area contributed by atoms with Gasteiger partial charge >= 0.3 is 0 Å². The molecule has 1 saturated heterocycles. The van der Waals surface area contributed by atoms with Gasteiger partial charge in [0.15, 0.2) is 0 Å². The molecule has 0 amide bonds. The average molecular weight is 298 g/mol. The fraction of sp³-hybridized carbons (Fsp3) is 0.625. The molecule has 2 rings (SSSR count). The second-order valence-electron chi connectivity index (χ2n) is 5.17. The number of unbranched alkanes of at least 4 members (excludes halogenated alkanes) is 3.